The molecule has 0 saturated carbocycles. The average Bonchev–Trinajstić information content (AvgIpc) is 2.41. The van der Waals surface area contributed by atoms with Crippen molar-refractivity contribution in [3.63, 3.8) is 0 Å². The highest BCUT2D eigenvalue weighted by Gasteiger charge is 2.13. The van der Waals surface area contributed by atoms with Crippen LogP contribution in [0.25, 0.3) is 0 Å². The molecule has 0 bridgehead atoms. The molecule has 0 atom stereocenters. The second-order valence-corrected chi connectivity index (χ2v) is 5.40. The van der Waals surface area contributed by atoms with E-state index in [2.05, 4.69) is 21.2 Å². The van der Waals surface area contributed by atoms with Crippen molar-refractivity contribution in [2.24, 2.45) is 0 Å². The van der Waals surface area contributed by atoms with Crippen LogP contribution in [0.15, 0.2) is 40.9 Å². The summed E-state index contributed by atoms with van der Waals surface area (Å²) in [6, 6.07) is 11.1. The molecule has 20 heavy (non-hydrogen) atoms. The van der Waals surface area contributed by atoms with Crippen molar-refractivity contribution in [2.45, 2.75) is 20.4 Å². The van der Waals surface area contributed by atoms with Gasteiger partial charge in [0.1, 0.15) is 0 Å². The number of nitrogens with one attached hydrogen (secondary N) is 1. The summed E-state index contributed by atoms with van der Waals surface area (Å²) in [6.45, 7) is 4.35. The van der Waals surface area contributed by atoms with Crippen molar-refractivity contribution in [1.82, 2.24) is 0 Å². The number of hydrogen-bond donors (Lipinski definition) is 1. The molecule has 0 aliphatic rings. The molecule has 0 unspecified atom stereocenters. The van der Waals surface area contributed by atoms with Crippen LogP contribution in [0.3, 0.4) is 0 Å². The number of aryl methyl sites for hydroxylation is 1. The molecule has 2 aromatic rings. The van der Waals surface area contributed by atoms with Crippen molar-refractivity contribution in [3.8, 4) is 0 Å². The zero-order chi connectivity index (χ0) is 14.7. The second-order valence-electron chi connectivity index (χ2n) is 4.61. The highest BCUT2D eigenvalue weighted by atomic mass is 79.9. The molecule has 0 amide bonds. The topological polar surface area (TPSA) is 55.2 Å². The lowest BCUT2D eigenvalue weighted by Gasteiger charge is -2.12. The molecular weight excluding hydrogens is 320 g/mol. The highest BCUT2D eigenvalue weighted by Crippen LogP contribution is 2.27. The smallest absolute Gasteiger partial charge is 0.272 e. The van der Waals surface area contributed by atoms with Gasteiger partial charge in [-0.05, 0) is 47.0 Å². The Labute approximate surface area is 126 Å². The second kappa shape index (κ2) is 6.05. The lowest BCUT2D eigenvalue weighted by molar-refractivity contribution is -0.385. The van der Waals surface area contributed by atoms with E-state index in [0.717, 1.165) is 21.3 Å². The van der Waals surface area contributed by atoms with E-state index in [-0.39, 0.29) is 10.6 Å². The summed E-state index contributed by atoms with van der Waals surface area (Å²) in [5, 5.41) is 14.2. The Hall–Kier alpha value is -1.88. The Morgan fingerprint density at radius 3 is 2.60 bits per heavy atom. The Kier molecular flexibility index (Phi) is 4.39. The third-order valence-electron chi connectivity index (χ3n) is 3.28. The number of halogens is 1. The van der Waals surface area contributed by atoms with Crippen molar-refractivity contribution in [3.05, 3.63) is 67.7 Å². The van der Waals surface area contributed by atoms with Gasteiger partial charge >= 0.3 is 0 Å². The number of anilines is 1. The van der Waals surface area contributed by atoms with Crippen LogP contribution in [0.1, 0.15) is 16.7 Å². The molecular formula is C15H15BrN2O2. The molecule has 0 radical (unpaired) electrons. The van der Waals surface area contributed by atoms with Crippen LogP contribution >= 0.6 is 15.9 Å². The summed E-state index contributed by atoms with van der Waals surface area (Å²) in [7, 11) is 0. The molecule has 2 aromatic carbocycles. The van der Waals surface area contributed by atoms with Crippen LogP contribution in [0.2, 0.25) is 0 Å². The fourth-order valence-electron chi connectivity index (χ4n) is 2.03. The van der Waals surface area contributed by atoms with Gasteiger partial charge in [0.25, 0.3) is 5.69 Å². The van der Waals surface area contributed by atoms with E-state index in [1.54, 1.807) is 13.0 Å². The maximum Gasteiger partial charge on any atom is 0.272 e. The van der Waals surface area contributed by atoms with E-state index in [0.29, 0.717) is 12.1 Å². The summed E-state index contributed by atoms with van der Waals surface area (Å²) < 4.78 is 1.02. The summed E-state index contributed by atoms with van der Waals surface area (Å²) in [5.41, 5.74) is 3.91. The van der Waals surface area contributed by atoms with Crippen LogP contribution < -0.4 is 5.32 Å². The lowest BCUT2D eigenvalue weighted by atomic mass is 10.1. The predicted octanol–water partition coefficient (Wildman–Crippen LogP) is 4.59. The van der Waals surface area contributed by atoms with E-state index in [4.69, 9.17) is 0 Å². The van der Waals surface area contributed by atoms with E-state index in [1.807, 2.05) is 31.2 Å². The van der Waals surface area contributed by atoms with Gasteiger partial charge in [-0.25, -0.2) is 0 Å². The minimum Gasteiger partial charge on any atom is -0.380 e. The van der Waals surface area contributed by atoms with Crippen LogP contribution in [-0.2, 0) is 6.54 Å². The molecule has 2 rings (SSSR count). The van der Waals surface area contributed by atoms with Crippen LogP contribution in [0, 0.1) is 24.0 Å². The van der Waals surface area contributed by atoms with Gasteiger partial charge < -0.3 is 5.32 Å². The zero-order valence-corrected chi connectivity index (χ0v) is 12.9. The molecule has 0 saturated heterocycles. The maximum atomic E-state index is 10.9. The summed E-state index contributed by atoms with van der Waals surface area (Å²) in [4.78, 5) is 10.6. The maximum absolute atomic E-state index is 10.9. The Morgan fingerprint density at radius 2 is 1.90 bits per heavy atom. The van der Waals surface area contributed by atoms with Gasteiger partial charge in [0.2, 0.25) is 0 Å². The van der Waals surface area contributed by atoms with Crippen LogP contribution in [0.4, 0.5) is 11.4 Å². The third-order valence-corrected chi connectivity index (χ3v) is 4.33. The van der Waals surface area contributed by atoms with Gasteiger partial charge in [-0.2, -0.15) is 0 Å². The molecule has 0 heterocycles. The SMILES string of the molecule is Cc1cccc(NCc2cccc([N+](=O)[O-])c2C)c1Br. The van der Waals surface area contributed by atoms with Crippen molar-refractivity contribution >= 4 is 27.3 Å². The Balaban J connectivity index is 2.21. The van der Waals surface area contributed by atoms with Gasteiger partial charge in [-0.15, -0.1) is 0 Å². The lowest BCUT2D eigenvalue weighted by Crippen LogP contribution is -2.04. The molecule has 0 aliphatic heterocycles. The first-order chi connectivity index (χ1) is 9.50. The highest BCUT2D eigenvalue weighted by molar-refractivity contribution is 9.10. The fraction of sp³-hybridized carbons (Fsp3) is 0.200. The zero-order valence-electron chi connectivity index (χ0n) is 11.3. The third kappa shape index (κ3) is 2.99. The first-order valence-electron chi connectivity index (χ1n) is 6.22. The molecule has 0 aromatic heterocycles. The molecule has 0 spiro atoms. The molecule has 4 nitrogen and oxygen atoms in total. The molecule has 0 aliphatic carbocycles. The van der Waals surface area contributed by atoms with Crippen LogP contribution in [0.5, 0.6) is 0 Å². The number of rotatable bonds is 4. The Morgan fingerprint density at radius 1 is 1.20 bits per heavy atom. The summed E-state index contributed by atoms with van der Waals surface area (Å²) in [6.07, 6.45) is 0. The Bertz CT molecular complexity index is 656. The monoisotopic (exact) mass is 334 g/mol. The van der Waals surface area contributed by atoms with E-state index in [1.165, 1.54) is 6.07 Å². The molecule has 0 fully saturated rings. The molecule has 5 heteroatoms. The predicted molar refractivity (Wildman–Crippen MR) is 84.0 cm³/mol. The largest absolute Gasteiger partial charge is 0.380 e. The minimum atomic E-state index is -0.346. The first-order valence-corrected chi connectivity index (χ1v) is 7.02. The molecule has 104 valence electrons. The standard InChI is InChI=1S/C15H15BrN2O2/c1-10-5-3-7-13(15(10)16)17-9-12-6-4-8-14(11(12)2)18(19)20/h3-8,17H,9H2,1-2H3. The van der Waals surface area contributed by atoms with E-state index < -0.39 is 0 Å². The summed E-state index contributed by atoms with van der Waals surface area (Å²) in [5.74, 6) is 0. The van der Waals surface area contributed by atoms with E-state index >= 15 is 0 Å². The van der Waals surface area contributed by atoms with Crippen LogP contribution in [-0.4, -0.2) is 4.92 Å². The number of nitro groups is 1. The normalized spacial score (nSPS) is 10.3. The number of nitrogens with zero attached hydrogens (tertiary/aromatic N) is 1. The van der Waals surface area contributed by atoms with Crippen molar-refractivity contribution < 1.29 is 4.92 Å². The van der Waals surface area contributed by atoms with Gasteiger partial charge in [0.15, 0.2) is 0 Å². The van der Waals surface area contributed by atoms with Gasteiger partial charge in [-0.1, -0.05) is 24.3 Å². The number of benzene rings is 2. The first kappa shape index (κ1) is 14.5. The minimum absolute atomic E-state index is 0.160. The fourth-order valence-corrected chi connectivity index (χ4v) is 2.44. The van der Waals surface area contributed by atoms with Crippen molar-refractivity contribution in [1.29, 1.82) is 0 Å². The van der Waals surface area contributed by atoms with Gasteiger partial charge in [0.05, 0.1) is 4.92 Å². The number of hydrogen-bond acceptors (Lipinski definition) is 3. The van der Waals surface area contributed by atoms with Gasteiger partial charge in [0, 0.05) is 28.3 Å². The van der Waals surface area contributed by atoms with Crippen molar-refractivity contribution in [2.75, 3.05) is 5.32 Å². The summed E-state index contributed by atoms with van der Waals surface area (Å²) >= 11 is 3.54. The van der Waals surface area contributed by atoms with E-state index in [9.17, 15) is 10.1 Å². The number of nitro benzene ring substituents is 1. The molecule has 1 N–H and O–H groups in total. The quantitative estimate of drug-likeness (QED) is 0.657. The average molecular weight is 335 g/mol. The van der Waals surface area contributed by atoms with Gasteiger partial charge in [-0.3, -0.25) is 10.1 Å².